The molecule has 2 aliphatic heterocycles. The molecule has 0 aliphatic carbocycles. The molecule has 1 N–H and O–H groups in total. The lowest BCUT2D eigenvalue weighted by Crippen LogP contribution is -2.36. The van der Waals surface area contributed by atoms with Crippen molar-refractivity contribution in [2.75, 3.05) is 67.3 Å². The van der Waals surface area contributed by atoms with Crippen molar-refractivity contribution in [3.8, 4) is 0 Å². The summed E-state index contributed by atoms with van der Waals surface area (Å²) in [6.45, 7) is 5.44. The number of hydrogen-bond acceptors (Lipinski definition) is 7. The number of carbonyl (C=O) groups excluding carboxylic acids is 1. The van der Waals surface area contributed by atoms with Gasteiger partial charge in [-0.05, 0) is 46.0 Å². The van der Waals surface area contributed by atoms with Crippen molar-refractivity contribution in [2.24, 2.45) is 0 Å². The largest absolute Gasteiger partial charge is 0.372 e. The van der Waals surface area contributed by atoms with E-state index in [1.54, 1.807) is 11.1 Å². The first-order valence-electron chi connectivity index (χ1n) is 10.1. The van der Waals surface area contributed by atoms with Gasteiger partial charge >= 0.3 is 6.03 Å². The van der Waals surface area contributed by atoms with Crippen LogP contribution in [0.15, 0.2) is 18.3 Å². The Balaban J connectivity index is 1.62. The van der Waals surface area contributed by atoms with Crippen LogP contribution < -0.4 is 20.0 Å². The molecule has 4 heterocycles. The smallest absolute Gasteiger partial charge is 0.329 e. The van der Waals surface area contributed by atoms with Crippen LogP contribution >= 0.6 is 11.3 Å². The minimum absolute atomic E-state index is 0.173. The highest BCUT2D eigenvalue weighted by Crippen LogP contribution is 2.33. The van der Waals surface area contributed by atoms with E-state index in [1.807, 2.05) is 6.92 Å². The number of pyridine rings is 1. The molecule has 8 nitrogen and oxygen atoms in total. The summed E-state index contributed by atoms with van der Waals surface area (Å²) in [5, 5.41) is 3.56. The molecule has 9 heteroatoms. The van der Waals surface area contributed by atoms with Crippen molar-refractivity contribution < 1.29 is 4.79 Å². The first kappa shape index (κ1) is 19.9. The van der Waals surface area contributed by atoms with Crippen LogP contribution in [0.4, 0.5) is 27.2 Å². The predicted octanol–water partition coefficient (Wildman–Crippen LogP) is 2.87. The Morgan fingerprint density at radius 1 is 1.28 bits per heavy atom. The average Bonchev–Trinajstić information content (AvgIpc) is 3.30. The SMILES string of the molecule is Cc1cnc(NC(=O)N2CCCN(C)c3ccc(N4CC[C@H](N(C)C)C4)nc32)s1. The molecule has 0 bridgehead atoms. The second-order valence-corrected chi connectivity index (χ2v) is 9.23. The van der Waals surface area contributed by atoms with Crippen LogP contribution in [-0.4, -0.2) is 74.3 Å². The van der Waals surface area contributed by atoms with Crippen molar-refractivity contribution >= 4 is 39.8 Å². The Hall–Kier alpha value is -2.39. The summed E-state index contributed by atoms with van der Waals surface area (Å²) in [5.74, 6) is 1.66. The Morgan fingerprint density at radius 2 is 2.10 bits per heavy atom. The van der Waals surface area contributed by atoms with E-state index in [2.05, 4.69) is 58.3 Å². The Kier molecular flexibility index (Phi) is 5.60. The van der Waals surface area contributed by atoms with Crippen molar-refractivity contribution in [3.05, 3.63) is 23.2 Å². The monoisotopic (exact) mass is 415 g/mol. The maximum Gasteiger partial charge on any atom is 0.329 e. The number of nitrogens with zero attached hydrogens (tertiary/aromatic N) is 6. The van der Waals surface area contributed by atoms with Crippen LogP contribution in [-0.2, 0) is 0 Å². The quantitative estimate of drug-likeness (QED) is 0.832. The summed E-state index contributed by atoms with van der Waals surface area (Å²) in [6, 6.07) is 4.54. The van der Waals surface area contributed by atoms with Crippen molar-refractivity contribution in [2.45, 2.75) is 25.8 Å². The molecule has 0 spiro atoms. The van der Waals surface area contributed by atoms with Crippen molar-refractivity contribution in [3.63, 3.8) is 0 Å². The van der Waals surface area contributed by atoms with Crippen LogP contribution in [0, 0.1) is 6.92 Å². The molecule has 1 fully saturated rings. The third-order valence-electron chi connectivity index (χ3n) is 5.68. The third-order valence-corrected chi connectivity index (χ3v) is 6.51. The Morgan fingerprint density at radius 3 is 2.79 bits per heavy atom. The molecule has 0 aromatic carbocycles. The van der Waals surface area contributed by atoms with Gasteiger partial charge in [0.2, 0.25) is 0 Å². The van der Waals surface area contributed by atoms with Gasteiger partial charge in [0.15, 0.2) is 10.9 Å². The molecule has 156 valence electrons. The van der Waals surface area contributed by atoms with E-state index in [9.17, 15) is 4.79 Å². The summed E-state index contributed by atoms with van der Waals surface area (Å²) >= 11 is 1.48. The maximum absolute atomic E-state index is 13.1. The zero-order valence-corrected chi connectivity index (χ0v) is 18.4. The topological polar surface area (TPSA) is 67.8 Å². The summed E-state index contributed by atoms with van der Waals surface area (Å²) in [7, 11) is 6.31. The molecule has 2 aromatic heterocycles. The highest BCUT2D eigenvalue weighted by atomic mass is 32.1. The van der Waals surface area contributed by atoms with E-state index >= 15 is 0 Å². The second-order valence-electron chi connectivity index (χ2n) is 8.00. The first-order valence-corrected chi connectivity index (χ1v) is 10.9. The van der Waals surface area contributed by atoms with Crippen LogP contribution in [0.3, 0.4) is 0 Å². The number of urea groups is 1. The highest BCUT2D eigenvalue weighted by molar-refractivity contribution is 7.15. The molecular weight excluding hydrogens is 386 g/mol. The van der Waals surface area contributed by atoms with Gasteiger partial charge in [0.05, 0.1) is 5.69 Å². The number of aromatic nitrogens is 2. The lowest BCUT2D eigenvalue weighted by atomic mass is 10.2. The lowest BCUT2D eigenvalue weighted by molar-refractivity contribution is 0.257. The fourth-order valence-electron chi connectivity index (χ4n) is 3.94. The zero-order chi connectivity index (χ0) is 20.5. The van der Waals surface area contributed by atoms with Gasteiger partial charge < -0.3 is 14.7 Å². The minimum Gasteiger partial charge on any atom is -0.372 e. The van der Waals surface area contributed by atoms with E-state index in [1.165, 1.54) is 11.3 Å². The lowest BCUT2D eigenvalue weighted by Gasteiger charge is -2.26. The van der Waals surface area contributed by atoms with E-state index < -0.39 is 0 Å². The number of rotatable bonds is 3. The van der Waals surface area contributed by atoms with Gasteiger partial charge in [-0.1, -0.05) is 0 Å². The number of anilines is 4. The van der Waals surface area contributed by atoms with Crippen LogP contribution in [0.2, 0.25) is 0 Å². The molecule has 0 radical (unpaired) electrons. The number of thiazole rings is 1. The normalized spacial score (nSPS) is 19.5. The molecule has 29 heavy (non-hydrogen) atoms. The number of aryl methyl sites for hydroxylation is 1. The standard InChI is InChI=1S/C20H29N7OS/c1-14-12-21-19(29-14)23-20(28)27-10-5-9-25(4)16-6-7-17(22-18(16)27)26-11-8-15(13-26)24(2)3/h6-7,12,15H,5,8-11,13H2,1-4H3,(H,21,23,28)/t15-/m0/s1. The fourth-order valence-corrected chi connectivity index (χ4v) is 4.59. The van der Waals surface area contributed by atoms with E-state index in [-0.39, 0.29) is 6.03 Å². The summed E-state index contributed by atoms with van der Waals surface area (Å²) in [6.07, 6.45) is 3.79. The van der Waals surface area contributed by atoms with Crippen LogP contribution in [0.1, 0.15) is 17.7 Å². The van der Waals surface area contributed by atoms with Crippen LogP contribution in [0.5, 0.6) is 0 Å². The van der Waals surface area contributed by atoms with E-state index in [4.69, 9.17) is 4.98 Å². The number of fused-ring (bicyclic) bond motifs is 1. The molecule has 4 rings (SSSR count). The van der Waals surface area contributed by atoms with Gasteiger partial charge in [0.25, 0.3) is 0 Å². The zero-order valence-electron chi connectivity index (χ0n) is 17.6. The molecule has 2 amide bonds. The Labute approximate surface area is 176 Å². The maximum atomic E-state index is 13.1. The number of nitrogens with one attached hydrogen (secondary N) is 1. The van der Waals surface area contributed by atoms with E-state index in [0.717, 1.165) is 54.7 Å². The van der Waals surface area contributed by atoms with Gasteiger partial charge in [-0.25, -0.2) is 14.8 Å². The minimum atomic E-state index is -0.173. The molecule has 0 saturated carbocycles. The van der Waals surface area contributed by atoms with Gasteiger partial charge in [0.1, 0.15) is 5.82 Å². The molecule has 2 aliphatic rings. The predicted molar refractivity (Wildman–Crippen MR) is 120 cm³/mol. The van der Waals surface area contributed by atoms with Gasteiger partial charge in [0, 0.05) is 50.3 Å². The molecular formula is C20H29N7OS. The summed E-state index contributed by atoms with van der Waals surface area (Å²) in [5.41, 5.74) is 0.986. The Bertz CT molecular complexity index is 883. The van der Waals surface area contributed by atoms with Gasteiger partial charge in [-0.15, -0.1) is 11.3 Å². The average molecular weight is 416 g/mol. The summed E-state index contributed by atoms with van der Waals surface area (Å²) in [4.78, 5) is 31.9. The third kappa shape index (κ3) is 4.16. The highest BCUT2D eigenvalue weighted by Gasteiger charge is 2.29. The van der Waals surface area contributed by atoms with E-state index in [0.29, 0.717) is 17.7 Å². The van der Waals surface area contributed by atoms with Gasteiger partial charge in [-0.2, -0.15) is 0 Å². The first-order chi connectivity index (χ1) is 13.9. The van der Waals surface area contributed by atoms with Crippen molar-refractivity contribution in [1.29, 1.82) is 0 Å². The van der Waals surface area contributed by atoms with Crippen LogP contribution in [0.25, 0.3) is 0 Å². The molecule has 1 saturated heterocycles. The number of carbonyl (C=O) groups is 1. The molecule has 2 aromatic rings. The second kappa shape index (κ2) is 8.16. The molecule has 0 unspecified atom stereocenters. The molecule has 1 atom stereocenters. The fraction of sp³-hybridized carbons (Fsp3) is 0.550. The summed E-state index contributed by atoms with van der Waals surface area (Å²) < 4.78 is 0. The van der Waals surface area contributed by atoms with Gasteiger partial charge in [-0.3, -0.25) is 10.2 Å². The number of likely N-dealkylation sites (N-methyl/N-ethyl adjacent to an activating group) is 1. The number of amides is 2. The number of hydrogen-bond donors (Lipinski definition) is 1. The van der Waals surface area contributed by atoms with Crippen molar-refractivity contribution in [1.82, 2.24) is 14.9 Å².